The van der Waals surface area contributed by atoms with Gasteiger partial charge >= 0.3 is 0 Å². The average Bonchev–Trinajstić information content (AvgIpc) is 2.64. The van der Waals surface area contributed by atoms with Crippen molar-refractivity contribution in [3.63, 3.8) is 0 Å². The molecule has 16 heavy (non-hydrogen) atoms. The predicted molar refractivity (Wildman–Crippen MR) is 67.0 cm³/mol. The van der Waals surface area contributed by atoms with Gasteiger partial charge in [0.15, 0.2) is 0 Å². The van der Waals surface area contributed by atoms with Crippen LogP contribution in [0.5, 0.6) is 0 Å². The third kappa shape index (κ3) is 3.17. The Morgan fingerprint density at radius 3 is 2.75 bits per heavy atom. The second-order valence-electron chi connectivity index (χ2n) is 4.32. The highest BCUT2D eigenvalue weighted by Gasteiger charge is 2.22. The van der Waals surface area contributed by atoms with Gasteiger partial charge in [-0.3, -0.25) is 4.90 Å². The number of alkyl halides is 1. The fourth-order valence-electron chi connectivity index (χ4n) is 2.09. The maximum atomic E-state index is 5.74. The van der Waals surface area contributed by atoms with E-state index in [4.69, 9.17) is 16.3 Å². The predicted octanol–water partition coefficient (Wildman–Crippen LogP) is 2.49. The summed E-state index contributed by atoms with van der Waals surface area (Å²) in [6.45, 7) is 7.13. The highest BCUT2D eigenvalue weighted by molar-refractivity contribution is 7.09. The minimum absolute atomic E-state index is 0.316. The Bertz CT molecular complexity index is 334. The highest BCUT2D eigenvalue weighted by Crippen LogP contribution is 2.17. The first-order valence-electron chi connectivity index (χ1n) is 5.54. The second-order valence-corrected chi connectivity index (χ2v) is 5.53. The zero-order valence-corrected chi connectivity index (χ0v) is 11.2. The molecule has 1 aliphatic heterocycles. The lowest BCUT2D eigenvalue weighted by Crippen LogP contribution is -2.44. The molecule has 0 saturated carbocycles. The minimum atomic E-state index is 0.316. The topological polar surface area (TPSA) is 25.4 Å². The van der Waals surface area contributed by atoms with E-state index >= 15 is 0 Å². The van der Waals surface area contributed by atoms with E-state index in [1.165, 1.54) is 0 Å². The number of hydrogen-bond acceptors (Lipinski definition) is 4. The van der Waals surface area contributed by atoms with Crippen LogP contribution in [0.25, 0.3) is 0 Å². The molecule has 1 aliphatic rings. The van der Waals surface area contributed by atoms with Gasteiger partial charge in [0, 0.05) is 18.5 Å². The molecule has 1 aromatic heterocycles. The molecule has 0 radical (unpaired) electrons. The van der Waals surface area contributed by atoms with E-state index in [1.54, 1.807) is 11.3 Å². The van der Waals surface area contributed by atoms with Gasteiger partial charge in [-0.1, -0.05) is 0 Å². The summed E-state index contributed by atoms with van der Waals surface area (Å²) in [5.74, 6) is 0.506. The quantitative estimate of drug-likeness (QED) is 0.781. The van der Waals surface area contributed by atoms with E-state index in [0.29, 0.717) is 18.1 Å². The summed E-state index contributed by atoms with van der Waals surface area (Å²) in [5.41, 5.74) is 0.982. The van der Waals surface area contributed by atoms with Gasteiger partial charge in [0.25, 0.3) is 0 Å². The SMILES string of the molecule is C[C@@H]1CN(Cc2nc(CCl)cs2)C[C@H](C)O1. The fourth-order valence-corrected chi connectivity index (χ4v) is 3.15. The maximum Gasteiger partial charge on any atom is 0.107 e. The van der Waals surface area contributed by atoms with Crippen molar-refractivity contribution >= 4 is 22.9 Å². The molecule has 1 saturated heterocycles. The number of ether oxygens (including phenoxy) is 1. The summed E-state index contributed by atoms with van der Waals surface area (Å²) in [7, 11) is 0. The van der Waals surface area contributed by atoms with Crippen LogP contribution in [0.4, 0.5) is 0 Å². The van der Waals surface area contributed by atoms with Crippen molar-refractivity contribution < 1.29 is 4.74 Å². The van der Waals surface area contributed by atoms with Crippen LogP contribution in [-0.4, -0.2) is 35.2 Å². The Morgan fingerprint density at radius 2 is 2.19 bits per heavy atom. The lowest BCUT2D eigenvalue weighted by atomic mass is 10.2. The average molecular weight is 261 g/mol. The van der Waals surface area contributed by atoms with E-state index in [9.17, 15) is 0 Å². The number of aromatic nitrogens is 1. The Balaban J connectivity index is 1.93. The van der Waals surface area contributed by atoms with E-state index in [0.717, 1.165) is 30.3 Å². The number of hydrogen-bond donors (Lipinski definition) is 0. The van der Waals surface area contributed by atoms with E-state index in [2.05, 4.69) is 23.7 Å². The van der Waals surface area contributed by atoms with Gasteiger partial charge in [-0.25, -0.2) is 4.98 Å². The first kappa shape index (κ1) is 12.3. The first-order valence-corrected chi connectivity index (χ1v) is 6.96. The number of halogens is 1. The van der Waals surface area contributed by atoms with Crippen molar-refractivity contribution in [1.29, 1.82) is 0 Å². The summed E-state index contributed by atoms with van der Waals surface area (Å²) >= 11 is 7.43. The molecule has 2 atom stereocenters. The number of thiazole rings is 1. The molecule has 0 aromatic carbocycles. The molecule has 3 nitrogen and oxygen atoms in total. The molecule has 90 valence electrons. The molecule has 1 aromatic rings. The van der Waals surface area contributed by atoms with Crippen molar-refractivity contribution in [2.45, 2.75) is 38.5 Å². The van der Waals surface area contributed by atoms with Crippen LogP contribution in [0.1, 0.15) is 24.5 Å². The van der Waals surface area contributed by atoms with Crippen molar-refractivity contribution in [1.82, 2.24) is 9.88 Å². The molecule has 2 heterocycles. The summed E-state index contributed by atoms with van der Waals surface area (Å²) in [5, 5.41) is 3.19. The molecule has 0 amide bonds. The van der Waals surface area contributed by atoms with Gasteiger partial charge in [0.05, 0.1) is 30.3 Å². The molecule has 5 heteroatoms. The smallest absolute Gasteiger partial charge is 0.107 e. The molecule has 0 aliphatic carbocycles. The summed E-state index contributed by atoms with van der Waals surface area (Å²) in [6.07, 6.45) is 0.632. The molecular weight excluding hydrogens is 244 g/mol. The maximum absolute atomic E-state index is 5.74. The van der Waals surface area contributed by atoms with Gasteiger partial charge in [0.1, 0.15) is 5.01 Å². The molecule has 0 N–H and O–H groups in total. The number of morpholine rings is 1. The molecule has 0 spiro atoms. The molecule has 2 rings (SSSR count). The van der Waals surface area contributed by atoms with Crippen LogP contribution >= 0.6 is 22.9 Å². The normalized spacial score (nSPS) is 27.2. The van der Waals surface area contributed by atoms with Crippen molar-refractivity contribution in [2.75, 3.05) is 13.1 Å². The van der Waals surface area contributed by atoms with Crippen LogP contribution in [0.3, 0.4) is 0 Å². The largest absolute Gasteiger partial charge is 0.373 e. The van der Waals surface area contributed by atoms with Crippen molar-refractivity contribution in [3.05, 3.63) is 16.1 Å². The van der Waals surface area contributed by atoms with Gasteiger partial charge in [-0.2, -0.15) is 0 Å². The van der Waals surface area contributed by atoms with E-state index < -0.39 is 0 Å². The van der Waals surface area contributed by atoms with Gasteiger partial charge < -0.3 is 4.74 Å². The van der Waals surface area contributed by atoms with Crippen LogP contribution in [0, 0.1) is 0 Å². The van der Waals surface area contributed by atoms with Gasteiger partial charge in [-0.05, 0) is 13.8 Å². The zero-order chi connectivity index (χ0) is 11.5. The van der Waals surface area contributed by atoms with Crippen LogP contribution < -0.4 is 0 Å². The Hall–Kier alpha value is -0.160. The Morgan fingerprint density at radius 1 is 1.50 bits per heavy atom. The molecule has 1 fully saturated rings. The highest BCUT2D eigenvalue weighted by atomic mass is 35.5. The summed E-state index contributed by atoms with van der Waals surface area (Å²) < 4.78 is 5.70. The van der Waals surface area contributed by atoms with Crippen LogP contribution in [0.2, 0.25) is 0 Å². The Labute approximate surface area is 105 Å². The summed E-state index contributed by atoms with van der Waals surface area (Å²) in [4.78, 5) is 6.88. The molecule has 0 unspecified atom stereocenters. The molecular formula is C11H17ClN2OS. The van der Waals surface area contributed by atoms with Gasteiger partial charge in [0.2, 0.25) is 0 Å². The minimum Gasteiger partial charge on any atom is -0.373 e. The lowest BCUT2D eigenvalue weighted by Gasteiger charge is -2.34. The van der Waals surface area contributed by atoms with Crippen molar-refractivity contribution in [2.24, 2.45) is 0 Å². The second kappa shape index (κ2) is 5.45. The third-order valence-corrected chi connectivity index (χ3v) is 3.75. The number of rotatable bonds is 3. The van der Waals surface area contributed by atoms with Gasteiger partial charge in [-0.15, -0.1) is 22.9 Å². The van der Waals surface area contributed by atoms with E-state index in [1.807, 2.05) is 5.38 Å². The standard InChI is InChI=1S/C11H17ClN2OS/c1-8-4-14(5-9(2)15-8)6-11-13-10(3-12)7-16-11/h7-9H,3-6H2,1-2H3/t8-,9+. The lowest BCUT2D eigenvalue weighted by molar-refractivity contribution is -0.0705. The summed E-state index contributed by atoms with van der Waals surface area (Å²) in [6, 6.07) is 0. The van der Waals surface area contributed by atoms with Crippen molar-refractivity contribution in [3.8, 4) is 0 Å². The van der Waals surface area contributed by atoms with E-state index in [-0.39, 0.29) is 0 Å². The molecule has 0 bridgehead atoms. The Kier molecular flexibility index (Phi) is 4.19. The van der Waals surface area contributed by atoms with Crippen LogP contribution in [0.15, 0.2) is 5.38 Å². The fraction of sp³-hybridized carbons (Fsp3) is 0.727. The zero-order valence-electron chi connectivity index (χ0n) is 9.65. The monoisotopic (exact) mass is 260 g/mol. The van der Waals surface area contributed by atoms with Crippen LogP contribution in [-0.2, 0) is 17.2 Å². The first-order chi connectivity index (χ1) is 7.67. The third-order valence-electron chi connectivity index (χ3n) is 2.59. The number of nitrogens with zero attached hydrogens (tertiary/aromatic N) is 2.